The predicted molar refractivity (Wildman–Crippen MR) is 77.6 cm³/mol. The van der Waals surface area contributed by atoms with Crippen LogP contribution in [0.15, 0.2) is 24.3 Å². The fraction of sp³-hybridized carbons (Fsp3) is 0.231. The van der Waals surface area contributed by atoms with Gasteiger partial charge in [-0.15, -0.1) is 0 Å². The molecular weight excluding hydrogens is 282 g/mol. The second kappa shape index (κ2) is 8.06. The van der Waals surface area contributed by atoms with Crippen LogP contribution in [0.2, 0.25) is 5.02 Å². The van der Waals surface area contributed by atoms with Crippen LogP contribution in [0.1, 0.15) is 5.56 Å². The summed E-state index contributed by atoms with van der Waals surface area (Å²) in [7, 11) is 1.54. The number of carbonyl (C=O) groups excluding carboxylic acids is 2. The zero-order valence-electron chi connectivity index (χ0n) is 11.0. The highest BCUT2D eigenvalue weighted by Gasteiger charge is 2.01. The molecule has 0 aliphatic carbocycles. The molecule has 0 spiro atoms. The second-order valence-electron chi connectivity index (χ2n) is 3.80. The summed E-state index contributed by atoms with van der Waals surface area (Å²) in [6.07, 6.45) is 2.96. The Balaban J connectivity index is 2.52. The van der Waals surface area contributed by atoms with Crippen molar-refractivity contribution < 1.29 is 14.3 Å². The monoisotopic (exact) mass is 297 g/mol. The zero-order valence-corrected chi connectivity index (χ0v) is 11.7. The average Bonchev–Trinajstić information content (AvgIpc) is 2.41. The Bertz CT molecular complexity index is 518. The van der Waals surface area contributed by atoms with Gasteiger partial charge in [0.25, 0.3) is 0 Å². The maximum Gasteiger partial charge on any atom is 0.312 e. The molecule has 0 heterocycles. The fourth-order valence-electron chi connectivity index (χ4n) is 1.43. The molecule has 0 fully saturated rings. The number of halogens is 1. The highest BCUT2D eigenvalue weighted by atomic mass is 35.5. The Morgan fingerprint density at radius 1 is 1.35 bits per heavy atom. The van der Waals surface area contributed by atoms with Crippen molar-refractivity contribution in [1.29, 1.82) is 0 Å². The first-order valence-corrected chi connectivity index (χ1v) is 6.23. The summed E-state index contributed by atoms with van der Waals surface area (Å²) in [5, 5.41) is 5.51. The number of benzene rings is 1. The number of amides is 3. The quantitative estimate of drug-likeness (QED) is 0.543. The lowest BCUT2D eigenvalue weighted by atomic mass is 10.2. The summed E-state index contributed by atoms with van der Waals surface area (Å²) in [4.78, 5) is 21.9. The maximum atomic E-state index is 11.5. The molecule has 1 aromatic carbocycles. The van der Waals surface area contributed by atoms with Gasteiger partial charge in [-0.05, 0) is 24.3 Å². The van der Waals surface area contributed by atoms with Crippen LogP contribution in [0.3, 0.4) is 0 Å². The van der Waals surface area contributed by atoms with E-state index in [0.717, 1.165) is 0 Å². The minimum Gasteiger partial charge on any atom is -0.496 e. The van der Waals surface area contributed by atoms with Gasteiger partial charge in [0, 0.05) is 29.8 Å². The minimum atomic E-state index is -0.626. The maximum absolute atomic E-state index is 11.5. The number of carbonyl (C=O) groups is 2. The van der Waals surface area contributed by atoms with Gasteiger partial charge in [0.2, 0.25) is 5.91 Å². The molecule has 4 N–H and O–H groups in total. The standard InChI is InChI=1S/C13H16ClN3O3/c1-20-11-4-3-10(14)8-9(11)2-5-12(18)16-6-7-17-13(15)19/h2-5,8H,6-7H2,1H3,(H,16,18)(H3,15,17,19)/b5-2+. The number of hydrogen-bond acceptors (Lipinski definition) is 3. The summed E-state index contributed by atoms with van der Waals surface area (Å²) in [6.45, 7) is 0.564. The largest absolute Gasteiger partial charge is 0.496 e. The van der Waals surface area contributed by atoms with Gasteiger partial charge >= 0.3 is 6.03 Å². The number of primary amides is 1. The van der Waals surface area contributed by atoms with Crippen molar-refractivity contribution in [3.8, 4) is 5.75 Å². The molecule has 0 aliphatic heterocycles. The van der Waals surface area contributed by atoms with E-state index in [1.807, 2.05) is 0 Å². The van der Waals surface area contributed by atoms with Crippen LogP contribution in [0.5, 0.6) is 5.75 Å². The van der Waals surface area contributed by atoms with E-state index in [-0.39, 0.29) is 12.5 Å². The van der Waals surface area contributed by atoms with Crippen molar-refractivity contribution in [3.05, 3.63) is 34.9 Å². The minimum absolute atomic E-state index is 0.273. The van der Waals surface area contributed by atoms with Crippen molar-refractivity contribution >= 4 is 29.6 Å². The number of ether oxygens (including phenoxy) is 1. The van der Waals surface area contributed by atoms with Gasteiger partial charge in [0.1, 0.15) is 5.75 Å². The molecule has 0 atom stereocenters. The van der Waals surface area contributed by atoms with E-state index in [0.29, 0.717) is 22.9 Å². The number of urea groups is 1. The molecule has 3 amide bonds. The lowest BCUT2D eigenvalue weighted by molar-refractivity contribution is -0.116. The Labute approximate surface area is 121 Å². The molecule has 0 radical (unpaired) electrons. The zero-order chi connectivity index (χ0) is 15.0. The number of methoxy groups -OCH3 is 1. The molecule has 20 heavy (non-hydrogen) atoms. The molecule has 0 saturated carbocycles. The molecule has 1 aromatic rings. The van der Waals surface area contributed by atoms with Gasteiger partial charge in [0.15, 0.2) is 0 Å². The topological polar surface area (TPSA) is 93.4 Å². The molecule has 0 aromatic heterocycles. The normalized spacial score (nSPS) is 10.3. The molecule has 7 heteroatoms. The summed E-state index contributed by atoms with van der Waals surface area (Å²) < 4.78 is 5.15. The third-order valence-corrected chi connectivity index (χ3v) is 2.56. The Hall–Kier alpha value is -2.21. The van der Waals surface area contributed by atoms with Crippen LogP contribution >= 0.6 is 11.6 Å². The van der Waals surface area contributed by atoms with Crippen molar-refractivity contribution in [3.63, 3.8) is 0 Å². The molecule has 0 saturated heterocycles. The average molecular weight is 298 g/mol. The van der Waals surface area contributed by atoms with Gasteiger partial charge in [0.05, 0.1) is 7.11 Å². The van der Waals surface area contributed by atoms with Gasteiger partial charge < -0.3 is 21.1 Å². The Morgan fingerprint density at radius 2 is 2.05 bits per heavy atom. The van der Waals surface area contributed by atoms with Crippen molar-refractivity contribution in [1.82, 2.24) is 10.6 Å². The number of hydrogen-bond donors (Lipinski definition) is 3. The Kier molecular flexibility index (Phi) is 6.39. The van der Waals surface area contributed by atoms with E-state index in [4.69, 9.17) is 22.1 Å². The van der Waals surface area contributed by atoms with Crippen molar-refractivity contribution in [2.45, 2.75) is 0 Å². The van der Waals surface area contributed by atoms with Crippen LogP contribution in [0.25, 0.3) is 6.08 Å². The van der Waals surface area contributed by atoms with E-state index in [1.165, 1.54) is 13.2 Å². The number of nitrogens with two attached hydrogens (primary N) is 1. The molecular formula is C13H16ClN3O3. The Morgan fingerprint density at radius 3 is 2.70 bits per heavy atom. The molecule has 1 rings (SSSR count). The van der Waals surface area contributed by atoms with E-state index < -0.39 is 6.03 Å². The molecule has 6 nitrogen and oxygen atoms in total. The lowest BCUT2D eigenvalue weighted by Gasteiger charge is -2.05. The summed E-state index contributed by atoms with van der Waals surface area (Å²) in [5.41, 5.74) is 5.59. The SMILES string of the molecule is COc1ccc(Cl)cc1/C=C/C(=O)NCCNC(N)=O. The van der Waals surface area contributed by atoms with Crippen LogP contribution in [0, 0.1) is 0 Å². The molecule has 0 bridgehead atoms. The van der Waals surface area contributed by atoms with Crippen molar-refractivity contribution in [2.24, 2.45) is 5.73 Å². The summed E-state index contributed by atoms with van der Waals surface area (Å²) in [5.74, 6) is 0.326. The van der Waals surface area contributed by atoms with Crippen LogP contribution in [0.4, 0.5) is 4.79 Å². The van der Waals surface area contributed by atoms with E-state index in [2.05, 4.69) is 10.6 Å². The fourth-order valence-corrected chi connectivity index (χ4v) is 1.61. The lowest BCUT2D eigenvalue weighted by Crippen LogP contribution is -2.36. The predicted octanol–water partition coefficient (Wildman–Crippen LogP) is 1.15. The van der Waals surface area contributed by atoms with Crippen LogP contribution < -0.4 is 21.1 Å². The van der Waals surface area contributed by atoms with Crippen molar-refractivity contribution in [2.75, 3.05) is 20.2 Å². The summed E-state index contributed by atoms with van der Waals surface area (Å²) in [6, 6.07) is 4.49. The third kappa shape index (κ3) is 5.62. The van der Waals surface area contributed by atoms with Gasteiger partial charge in [-0.25, -0.2) is 4.79 Å². The van der Waals surface area contributed by atoms with Crippen LogP contribution in [-0.2, 0) is 4.79 Å². The second-order valence-corrected chi connectivity index (χ2v) is 4.24. The first-order valence-electron chi connectivity index (χ1n) is 5.85. The molecule has 0 aliphatic rings. The number of rotatable bonds is 6. The summed E-state index contributed by atoms with van der Waals surface area (Å²) >= 11 is 5.88. The molecule has 0 unspecified atom stereocenters. The first kappa shape index (κ1) is 15.8. The molecule has 108 valence electrons. The van der Waals surface area contributed by atoms with Gasteiger partial charge in [-0.2, -0.15) is 0 Å². The van der Waals surface area contributed by atoms with Gasteiger partial charge in [-0.3, -0.25) is 4.79 Å². The van der Waals surface area contributed by atoms with Gasteiger partial charge in [-0.1, -0.05) is 11.6 Å². The van der Waals surface area contributed by atoms with Crippen LogP contribution in [-0.4, -0.2) is 32.1 Å². The van der Waals surface area contributed by atoms with E-state index >= 15 is 0 Å². The van der Waals surface area contributed by atoms with E-state index in [9.17, 15) is 9.59 Å². The smallest absolute Gasteiger partial charge is 0.312 e. The first-order chi connectivity index (χ1) is 9.52. The highest BCUT2D eigenvalue weighted by Crippen LogP contribution is 2.23. The van der Waals surface area contributed by atoms with E-state index in [1.54, 1.807) is 24.3 Å². The number of nitrogens with one attached hydrogen (secondary N) is 2. The highest BCUT2D eigenvalue weighted by molar-refractivity contribution is 6.30. The third-order valence-electron chi connectivity index (χ3n) is 2.33.